The lowest BCUT2D eigenvalue weighted by Crippen LogP contribution is -2.31. The van der Waals surface area contributed by atoms with Gasteiger partial charge in [0.2, 0.25) is 0 Å². The molecule has 2 atom stereocenters. The number of hydrogen-bond donors (Lipinski definition) is 0. The van der Waals surface area contributed by atoms with Crippen LogP contribution in [0, 0.1) is 29.6 Å². The van der Waals surface area contributed by atoms with Gasteiger partial charge >= 0.3 is 0 Å². The number of nitrogens with zero attached hydrogens (tertiary/aromatic N) is 1. The van der Waals surface area contributed by atoms with Crippen molar-refractivity contribution in [3.63, 3.8) is 0 Å². The predicted molar refractivity (Wildman–Crippen MR) is 111 cm³/mol. The van der Waals surface area contributed by atoms with Crippen molar-refractivity contribution >= 4 is 5.71 Å². The molecule has 1 nitrogen and oxygen atoms in total. The smallest absolute Gasteiger partial charge is 0.0994 e. The first kappa shape index (κ1) is 22.7. The first-order chi connectivity index (χ1) is 11.3. The molecule has 0 rings (SSSR count). The normalized spacial score (nSPS) is 16.2. The van der Waals surface area contributed by atoms with Crippen LogP contribution in [0.5, 0.6) is 0 Å². The zero-order valence-corrected chi connectivity index (χ0v) is 17.0. The number of aliphatic imine (C=N–C) groups is 1. The fourth-order valence-electron chi connectivity index (χ4n) is 2.81. The summed E-state index contributed by atoms with van der Waals surface area (Å²) in [5.74, 6) is 3.79. The van der Waals surface area contributed by atoms with E-state index in [0.717, 1.165) is 12.8 Å². The fourth-order valence-corrected chi connectivity index (χ4v) is 2.81. The van der Waals surface area contributed by atoms with E-state index in [2.05, 4.69) is 71.2 Å². The molecule has 1 heteroatoms. The summed E-state index contributed by atoms with van der Waals surface area (Å²) < 4.78 is 0. The number of unbranched alkanes of at least 4 members (excludes halogenated alkanes) is 1. The summed E-state index contributed by atoms with van der Waals surface area (Å²) in [6.07, 6.45) is 17.2. The molecule has 0 radical (unpaired) electrons. The van der Waals surface area contributed by atoms with E-state index in [4.69, 9.17) is 6.42 Å². The topological polar surface area (TPSA) is 12.4 Å². The Hall–Kier alpha value is -1.29. The van der Waals surface area contributed by atoms with Crippen LogP contribution in [0.4, 0.5) is 0 Å². The van der Waals surface area contributed by atoms with Crippen LogP contribution in [0.15, 0.2) is 29.3 Å². The molecule has 0 amide bonds. The minimum absolute atomic E-state index is 0.0892. The second kappa shape index (κ2) is 12.1. The standard InChI is InChI=1S/C23H39N/c1-9-18-24-22(7)23(8,19(3)4)17-13-16-21(6)15-12-11-14-20(5)10-2/h1,13,16,19,21H,5,10-12,14-15,17-18H2,2-4,6-8H3/b16-13?,24-22-. The summed E-state index contributed by atoms with van der Waals surface area (Å²) in [5, 5.41) is 0. The molecule has 0 aromatic heterocycles. The zero-order chi connectivity index (χ0) is 18.6. The molecule has 0 fully saturated rings. The van der Waals surface area contributed by atoms with Crippen molar-refractivity contribution in [3.8, 4) is 12.3 Å². The highest BCUT2D eigenvalue weighted by Gasteiger charge is 2.30. The van der Waals surface area contributed by atoms with E-state index in [1.807, 2.05) is 0 Å². The molecular weight excluding hydrogens is 290 g/mol. The summed E-state index contributed by atoms with van der Waals surface area (Å²) in [6, 6.07) is 0. The SMILES string of the molecule is C#CC/N=C(/C)C(C)(CC=CC(C)CCCCC(=C)CC)C(C)C. The molecule has 0 spiro atoms. The molecule has 136 valence electrons. The van der Waals surface area contributed by atoms with Crippen molar-refractivity contribution in [3.05, 3.63) is 24.3 Å². The lowest BCUT2D eigenvalue weighted by molar-refractivity contribution is 0.330. The van der Waals surface area contributed by atoms with E-state index in [-0.39, 0.29) is 5.41 Å². The summed E-state index contributed by atoms with van der Waals surface area (Å²) in [5.41, 5.74) is 2.64. The zero-order valence-electron chi connectivity index (χ0n) is 17.0. The number of hydrogen-bond acceptors (Lipinski definition) is 1. The molecule has 0 aliphatic rings. The van der Waals surface area contributed by atoms with Gasteiger partial charge in [-0.05, 0) is 50.9 Å². The summed E-state index contributed by atoms with van der Waals surface area (Å²) in [6.45, 7) is 18.0. The maximum Gasteiger partial charge on any atom is 0.0994 e. The van der Waals surface area contributed by atoms with E-state index in [9.17, 15) is 0 Å². The third-order valence-corrected chi connectivity index (χ3v) is 5.45. The van der Waals surface area contributed by atoms with Crippen molar-refractivity contribution in [2.45, 2.75) is 80.1 Å². The molecule has 0 aromatic carbocycles. The highest BCUT2D eigenvalue weighted by Crippen LogP contribution is 2.33. The van der Waals surface area contributed by atoms with Gasteiger partial charge in [-0.2, -0.15) is 0 Å². The lowest BCUT2D eigenvalue weighted by atomic mass is 9.72. The van der Waals surface area contributed by atoms with Gasteiger partial charge in [0.15, 0.2) is 0 Å². The average Bonchev–Trinajstić information content (AvgIpc) is 2.55. The largest absolute Gasteiger partial charge is 0.281 e. The van der Waals surface area contributed by atoms with Crippen LogP contribution in [0.1, 0.15) is 80.1 Å². The van der Waals surface area contributed by atoms with Crippen LogP contribution in [0.25, 0.3) is 0 Å². The van der Waals surface area contributed by atoms with E-state index in [1.54, 1.807) is 0 Å². The Balaban J connectivity index is 4.46. The van der Waals surface area contributed by atoms with Gasteiger partial charge in [0.05, 0.1) is 6.54 Å². The van der Waals surface area contributed by atoms with Gasteiger partial charge in [0.25, 0.3) is 0 Å². The van der Waals surface area contributed by atoms with E-state index in [0.29, 0.717) is 18.4 Å². The van der Waals surface area contributed by atoms with Gasteiger partial charge < -0.3 is 0 Å². The molecule has 0 heterocycles. The van der Waals surface area contributed by atoms with Crippen LogP contribution in [0.2, 0.25) is 0 Å². The molecule has 0 saturated heterocycles. The second-order valence-corrected chi connectivity index (χ2v) is 7.64. The Morgan fingerprint density at radius 1 is 1.29 bits per heavy atom. The number of terminal acetylenes is 1. The minimum atomic E-state index is 0.0892. The van der Waals surface area contributed by atoms with E-state index < -0.39 is 0 Å². The molecule has 2 unspecified atom stereocenters. The number of rotatable bonds is 12. The van der Waals surface area contributed by atoms with Crippen LogP contribution in [-0.2, 0) is 0 Å². The van der Waals surface area contributed by atoms with Gasteiger partial charge in [-0.1, -0.05) is 71.3 Å². The fraction of sp³-hybridized carbons (Fsp3) is 0.696. The second-order valence-electron chi connectivity index (χ2n) is 7.64. The maximum absolute atomic E-state index is 5.34. The Morgan fingerprint density at radius 2 is 1.96 bits per heavy atom. The first-order valence-electron chi connectivity index (χ1n) is 9.56. The van der Waals surface area contributed by atoms with Crippen LogP contribution in [0.3, 0.4) is 0 Å². The average molecular weight is 330 g/mol. The van der Waals surface area contributed by atoms with E-state index >= 15 is 0 Å². The molecule has 0 N–H and O–H groups in total. The van der Waals surface area contributed by atoms with Crippen LogP contribution in [-0.4, -0.2) is 12.3 Å². The maximum atomic E-state index is 5.34. The third-order valence-electron chi connectivity index (χ3n) is 5.45. The third kappa shape index (κ3) is 8.53. The highest BCUT2D eigenvalue weighted by atomic mass is 14.7. The molecule has 24 heavy (non-hydrogen) atoms. The number of allylic oxidation sites excluding steroid dienone is 3. The van der Waals surface area contributed by atoms with E-state index in [1.165, 1.54) is 37.0 Å². The van der Waals surface area contributed by atoms with Crippen molar-refractivity contribution in [2.24, 2.45) is 22.2 Å². The quantitative estimate of drug-likeness (QED) is 0.161. The molecule has 0 aromatic rings. The van der Waals surface area contributed by atoms with Gasteiger partial charge in [0, 0.05) is 11.1 Å². The van der Waals surface area contributed by atoms with Crippen molar-refractivity contribution in [1.29, 1.82) is 0 Å². The lowest BCUT2D eigenvalue weighted by Gasteiger charge is -2.33. The molecule has 0 aliphatic carbocycles. The summed E-state index contributed by atoms with van der Waals surface area (Å²) in [7, 11) is 0. The molecule has 0 aliphatic heterocycles. The van der Waals surface area contributed by atoms with Gasteiger partial charge in [-0.25, -0.2) is 0 Å². The molecule has 0 saturated carbocycles. The summed E-state index contributed by atoms with van der Waals surface area (Å²) in [4.78, 5) is 4.56. The Labute approximate surface area is 151 Å². The van der Waals surface area contributed by atoms with Gasteiger partial charge in [-0.3, -0.25) is 4.99 Å². The predicted octanol–water partition coefficient (Wildman–Crippen LogP) is 6.85. The Bertz CT molecular complexity index is 461. The van der Waals surface area contributed by atoms with Gasteiger partial charge in [0.1, 0.15) is 0 Å². The Kier molecular flexibility index (Phi) is 11.5. The minimum Gasteiger partial charge on any atom is -0.281 e. The van der Waals surface area contributed by atoms with Crippen LogP contribution >= 0.6 is 0 Å². The van der Waals surface area contributed by atoms with Crippen molar-refractivity contribution < 1.29 is 0 Å². The van der Waals surface area contributed by atoms with Crippen molar-refractivity contribution in [2.75, 3.05) is 6.54 Å². The molecular formula is C23H39N. The van der Waals surface area contributed by atoms with Gasteiger partial charge in [-0.15, -0.1) is 6.42 Å². The molecule has 0 bridgehead atoms. The summed E-state index contributed by atoms with van der Waals surface area (Å²) >= 11 is 0. The monoisotopic (exact) mass is 329 g/mol. The van der Waals surface area contributed by atoms with Crippen LogP contribution < -0.4 is 0 Å². The highest BCUT2D eigenvalue weighted by molar-refractivity contribution is 5.88. The van der Waals surface area contributed by atoms with Crippen molar-refractivity contribution in [1.82, 2.24) is 0 Å². The Morgan fingerprint density at radius 3 is 2.50 bits per heavy atom. The first-order valence-corrected chi connectivity index (χ1v) is 9.56.